The molecule has 0 aliphatic rings. The number of rotatable bonds is 8. The van der Waals surface area contributed by atoms with Gasteiger partial charge < -0.3 is 15.2 Å². The van der Waals surface area contributed by atoms with Crippen molar-refractivity contribution < 1.29 is 57.2 Å². The van der Waals surface area contributed by atoms with Gasteiger partial charge in [-0.15, -0.1) is 5.11 Å². The Balaban J connectivity index is 0.00000441. The van der Waals surface area contributed by atoms with E-state index < -0.39 is 21.8 Å². The maximum atomic E-state index is 13.4. The van der Waals surface area contributed by atoms with Gasteiger partial charge in [0, 0.05) is 17.0 Å². The van der Waals surface area contributed by atoms with Gasteiger partial charge in [0.15, 0.2) is 0 Å². The summed E-state index contributed by atoms with van der Waals surface area (Å²) in [4.78, 5) is 12.8. The minimum absolute atomic E-state index is 0. The topological polar surface area (TPSA) is 140 Å². The van der Waals surface area contributed by atoms with Crippen LogP contribution in [0.15, 0.2) is 75.8 Å². The van der Waals surface area contributed by atoms with Crippen LogP contribution in [0.4, 0.5) is 17.1 Å². The first-order valence-corrected chi connectivity index (χ1v) is 13.9. The second-order valence-corrected chi connectivity index (χ2v) is 10.5. The first-order chi connectivity index (χ1) is 18.5. The number of fused-ring (bicyclic) bond motifs is 1. The third-order valence-corrected chi connectivity index (χ3v) is 7.32. The van der Waals surface area contributed by atoms with Crippen LogP contribution in [0.2, 0.25) is 10.0 Å². The second kappa shape index (κ2) is 13.3. The molecule has 0 radical (unpaired) electrons. The molecule has 0 heterocycles. The van der Waals surface area contributed by atoms with E-state index in [1.54, 1.807) is 49.4 Å². The summed E-state index contributed by atoms with van der Waals surface area (Å²) in [7, 11) is -4.56. The summed E-state index contributed by atoms with van der Waals surface area (Å²) in [5, 5.41) is 25.4. The minimum atomic E-state index is -4.56. The molecule has 1 amide bonds. The largest absolute Gasteiger partial charge is 1.00 e. The molecule has 4 rings (SSSR count). The van der Waals surface area contributed by atoms with E-state index in [-0.39, 0.29) is 73.5 Å². The Hall–Kier alpha value is -2.70. The SMILES string of the molecule is CCOc1ccc(NC(=O)c2cc3ccccc3c(N=Nc3cc(S(=O)(=O)O)c(CC)cc3Cl)c2[O-])c(Cl)c1.[Na+]. The molecule has 0 aliphatic heterocycles. The van der Waals surface area contributed by atoms with E-state index in [9.17, 15) is 22.9 Å². The minimum Gasteiger partial charge on any atom is -0.870 e. The van der Waals surface area contributed by atoms with Crippen molar-refractivity contribution in [2.75, 3.05) is 11.9 Å². The van der Waals surface area contributed by atoms with Crippen LogP contribution in [-0.4, -0.2) is 25.5 Å². The van der Waals surface area contributed by atoms with Crippen molar-refractivity contribution in [3.63, 3.8) is 0 Å². The van der Waals surface area contributed by atoms with Crippen LogP contribution < -0.4 is 44.7 Å². The van der Waals surface area contributed by atoms with Crippen LogP contribution >= 0.6 is 23.2 Å². The summed E-state index contributed by atoms with van der Waals surface area (Å²) in [5.41, 5.74) is 0.129. The van der Waals surface area contributed by atoms with Crippen molar-refractivity contribution >= 4 is 67.1 Å². The predicted molar refractivity (Wildman–Crippen MR) is 149 cm³/mol. The van der Waals surface area contributed by atoms with Crippen molar-refractivity contribution in [3.8, 4) is 11.5 Å². The van der Waals surface area contributed by atoms with Gasteiger partial charge in [-0.25, -0.2) is 0 Å². The van der Waals surface area contributed by atoms with Gasteiger partial charge in [0.05, 0.1) is 32.9 Å². The molecule has 9 nitrogen and oxygen atoms in total. The van der Waals surface area contributed by atoms with Crippen LogP contribution in [0.1, 0.15) is 29.8 Å². The van der Waals surface area contributed by atoms with Crippen LogP contribution in [-0.2, 0) is 16.5 Å². The van der Waals surface area contributed by atoms with Crippen LogP contribution in [0.25, 0.3) is 10.8 Å². The van der Waals surface area contributed by atoms with Crippen LogP contribution in [0.5, 0.6) is 11.5 Å². The zero-order valence-corrected chi connectivity index (χ0v) is 26.1. The molecule has 2 N–H and O–H groups in total. The van der Waals surface area contributed by atoms with Crippen molar-refractivity contribution in [1.29, 1.82) is 0 Å². The standard InChI is InChI=1S/C27H23Cl2N3O6S.Na/c1-3-15-12-20(28)23(14-24(15)39(35,36)37)31-32-25-18-8-6-5-7-16(18)11-19(26(25)33)27(34)30-22-10-9-17(38-4-2)13-21(22)29;/h5-14,33H,3-4H2,1-2H3,(H,30,34)(H,35,36,37);/q;+1/p-1. The second-order valence-electron chi connectivity index (χ2n) is 8.29. The third-order valence-electron chi connectivity index (χ3n) is 5.77. The van der Waals surface area contributed by atoms with Crippen molar-refractivity contribution in [2.45, 2.75) is 25.2 Å². The maximum absolute atomic E-state index is 13.4. The average Bonchev–Trinajstić information content (AvgIpc) is 2.89. The van der Waals surface area contributed by atoms with Crippen molar-refractivity contribution in [2.24, 2.45) is 10.2 Å². The fourth-order valence-corrected chi connectivity index (χ4v) is 5.14. The molecule has 40 heavy (non-hydrogen) atoms. The molecule has 202 valence electrons. The summed E-state index contributed by atoms with van der Waals surface area (Å²) in [6.45, 7) is 3.98. The van der Waals surface area contributed by atoms with E-state index in [2.05, 4.69) is 15.5 Å². The molecule has 13 heteroatoms. The number of azo groups is 1. The number of ether oxygens (including phenoxy) is 1. The van der Waals surface area contributed by atoms with Crippen LogP contribution in [0, 0.1) is 0 Å². The summed E-state index contributed by atoms with van der Waals surface area (Å²) < 4.78 is 38.7. The molecule has 0 aromatic heterocycles. The Morgan fingerprint density at radius 2 is 1.75 bits per heavy atom. The Labute approximate surface area is 263 Å². The molecule has 0 fully saturated rings. The van der Waals surface area contributed by atoms with Gasteiger partial charge in [0.1, 0.15) is 11.4 Å². The Morgan fingerprint density at radius 1 is 1.02 bits per heavy atom. The molecule has 0 bridgehead atoms. The van der Waals surface area contributed by atoms with Gasteiger partial charge in [0.2, 0.25) is 0 Å². The first-order valence-electron chi connectivity index (χ1n) is 11.7. The number of hydrogen-bond donors (Lipinski definition) is 2. The molecule has 0 atom stereocenters. The number of hydrogen-bond acceptors (Lipinski definition) is 7. The number of benzene rings is 4. The van der Waals surface area contributed by atoms with Gasteiger partial charge in [0.25, 0.3) is 16.0 Å². The van der Waals surface area contributed by atoms with E-state index in [0.717, 1.165) is 6.07 Å². The van der Waals surface area contributed by atoms with E-state index in [1.165, 1.54) is 12.1 Å². The normalized spacial score (nSPS) is 11.4. The molecular formula is C27H22Cl2N3NaO6S. The number of carbonyl (C=O) groups is 1. The zero-order valence-electron chi connectivity index (χ0n) is 21.7. The van der Waals surface area contributed by atoms with Gasteiger partial charge in [-0.05, 0) is 54.6 Å². The Morgan fingerprint density at radius 3 is 2.40 bits per heavy atom. The third kappa shape index (κ3) is 6.95. The zero-order chi connectivity index (χ0) is 28.3. The summed E-state index contributed by atoms with van der Waals surface area (Å²) >= 11 is 12.6. The molecule has 4 aromatic rings. The quantitative estimate of drug-likeness (QED) is 0.175. The van der Waals surface area contributed by atoms with E-state index >= 15 is 0 Å². The molecule has 0 aliphatic carbocycles. The number of nitrogens with zero attached hydrogens (tertiary/aromatic N) is 2. The number of aryl methyl sites for hydroxylation is 1. The van der Waals surface area contributed by atoms with Crippen molar-refractivity contribution in [3.05, 3.63) is 81.8 Å². The Bertz CT molecular complexity index is 1730. The smallest absolute Gasteiger partial charge is 0.870 e. The Kier molecular flexibility index (Phi) is 10.6. The fourth-order valence-electron chi connectivity index (χ4n) is 3.90. The maximum Gasteiger partial charge on any atom is 1.00 e. The van der Waals surface area contributed by atoms with E-state index in [0.29, 0.717) is 28.7 Å². The van der Waals surface area contributed by atoms with Crippen LogP contribution in [0.3, 0.4) is 0 Å². The average molecular weight is 610 g/mol. The summed E-state index contributed by atoms with van der Waals surface area (Å²) in [6, 6.07) is 15.4. The number of carbonyl (C=O) groups excluding carboxylic acids is 1. The molecule has 4 aromatic carbocycles. The molecular weight excluding hydrogens is 588 g/mol. The molecule has 0 unspecified atom stereocenters. The van der Waals surface area contributed by atoms with Gasteiger partial charge in [-0.2, -0.15) is 13.5 Å². The predicted octanol–water partition coefficient (Wildman–Crippen LogP) is 4.10. The van der Waals surface area contributed by atoms with Gasteiger partial charge in [-0.3, -0.25) is 9.35 Å². The summed E-state index contributed by atoms with van der Waals surface area (Å²) in [5.74, 6) is -0.901. The number of nitrogens with one attached hydrogen (secondary N) is 1. The van der Waals surface area contributed by atoms with Gasteiger partial charge >= 0.3 is 29.6 Å². The number of anilines is 1. The van der Waals surface area contributed by atoms with E-state index in [1.807, 2.05) is 6.92 Å². The first kappa shape index (κ1) is 31.8. The molecule has 0 spiro atoms. The summed E-state index contributed by atoms with van der Waals surface area (Å²) in [6.07, 6.45) is 0.289. The van der Waals surface area contributed by atoms with Gasteiger partial charge in [-0.1, -0.05) is 60.1 Å². The van der Waals surface area contributed by atoms with Crippen molar-refractivity contribution in [1.82, 2.24) is 0 Å². The number of halogens is 2. The molecule has 0 saturated carbocycles. The molecule has 0 saturated heterocycles. The number of amides is 1. The fraction of sp³-hybridized carbons (Fsp3) is 0.148. The van der Waals surface area contributed by atoms with E-state index in [4.69, 9.17) is 27.9 Å². The monoisotopic (exact) mass is 609 g/mol.